The number of benzene rings is 1. The van der Waals surface area contributed by atoms with Crippen LogP contribution in [0.1, 0.15) is 25.7 Å². The van der Waals surface area contributed by atoms with Crippen LogP contribution in [0.15, 0.2) is 33.6 Å². The third-order valence-electron chi connectivity index (χ3n) is 3.87. The van der Waals surface area contributed by atoms with Gasteiger partial charge in [-0.1, -0.05) is 15.9 Å². The van der Waals surface area contributed by atoms with Crippen LogP contribution in [-0.2, 0) is 4.79 Å². The quantitative estimate of drug-likeness (QED) is 0.613. The zero-order valence-corrected chi connectivity index (χ0v) is 14.9. The van der Waals surface area contributed by atoms with Crippen molar-refractivity contribution in [1.29, 1.82) is 0 Å². The minimum absolute atomic E-state index is 0.290. The van der Waals surface area contributed by atoms with Crippen LogP contribution in [0.2, 0.25) is 0 Å². The van der Waals surface area contributed by atoms with Crippen molar-refractivity contribution in [3.05, 3.63) is 28.7 Å². The number of amides is 1. The highest BCUT2D eigenvalue weighted by molar-refractivity contribution is 9.10. The summed E-state index contributed by atoms with van der Waals surface area (Å²) in [4.78, 5) is 15.4. The summed E-state index contributed by atoms with van der Waals surface area (Å²) in [7, 11) is 1.96. The van der Waals surface area contributed by atoms with Crippen LogP contribution >= 0.6 is 27.7 Å². The van der Waals surface area contributed by atoms with Crippen LogP contribution in [0.4, 0.5) is 0 Å². The number of nitrogens with zero attached hydrogens (tertiary/aromatic N) is 1. The van der Waals surface area contributed by atoms with E-state index in [1.165, 1.54) is 4.90 Å². The molecule has 21 heavy (non-hydrogen) atoms. The SMILES string of the molecule is CN(C(=O)CCCSc1ccc(Br)cc1)C1CCNCC1. The highest BCUT2D eigenvalue weighted by Crippen LogP contribution is 2.22. The Labute approximate surface area is 140 Å². The zero-order valence-electron chi connectivity index (χ0n) is 12.5. The second-order valence-corrected chi connectivity index (χ2v) is 7.48. The number of carbonyl (C=O) groups excluding carboxylic acids is 1. The Kier molecular flexibility index (Phi) is 7.07. The first kappa shape index (κ1) is 16.8. The van der Waals surface area contributed by atoms with E-state index in [9.17, 15) is 4.79 Å². The number of thioether (sulfide) groups is 1. The first-order valence-corrected chi connectivity index (χ1v) is 9.29. The minimum atomic E-state index is 0.290. The molecule has 1 N–H and O–H groups in total. The number of hydrogen-bond acceptors (Lipinski definition) is 3. The topological polar surface area (TPSA) is 32.3 Å². The molecule has 0 saturated carbocycles. The maximum Gasteiger partial charge on any atom is 0.222 e. The Morgan fingerprint density at radius 1 is 1.33 bits per heavy atom. The lowest BCUT2D eigenvalue weighted by Crippen LogP contribution is -2.43. The Balaban J connectivity index is 1.65. The van der Waals surface area contributed by atoms with Crippen LogP contribution in [-0.4, -0.2) is 42.7 Å². The van der Waals surface area contributed by atoms with Crippen molar-refractivity contribution in [2.75, 3.05) is 25.9 Å². The molecule has 116 valence electrons. The van der Waals surface area contributed by atoms with E-state index in [-0.39, 0.29) is 0 Å². The summed E-state index contributed by atoms with van der Waals surface area (Å²) < 4.78 is 1.10. The fourth-order valence-electron chi connectivity index (χ4n) is 2.52. The van der Waals surface area contributed by atoms with Gasteiger partial charge in [0, 0.05) is 28.9 Å². The summed E-state index contributed by atoms with van der Waals surface area (Å²) in [5, 5.41) is 3.34. The van der Waals surface area contributed by atoms with Crippen LogP contribution < -0.4 is 5.32 Å². The lowest BCUT2D eigenvalue weighted by molar-refractivity contribution is -0.132. The van der Waals surface area contributed by atoms with Gasteiger partial charge in [-0.2, -0.15) is 0 Å². The molecule has 5 heteroatoms. The number of carbonyl (C=O) groups is 1. The molecule has 0 aromatic heterocycles. The molecule has 1 aliphatic rings. The van der Waals surface area contributed by atoms with E-state index in [4.69, 9.17) is 0 Å². The maximum atomic E-state index is 12.2. The molecule has 1 aromatic carbocycles. The predicted molar refractivity (Wildman–Crippen MR) is 92.8 cm³/mol. The molecule has 1 fully saturated rings. The van der Waals surface area contributed by atoms with Crippen molar-refractivity contribution in [2.45, 2.75) is 36.6 Å². The molecule has 1 aliphatic heterocycles. The molecule has 3 nitrogen and oxygen atoms in total. The Hall–Kier alpha value is -0.520. The van der Waals surface area contributed by atoms with Gasteiger partial charge in [-0.3, -0.25) is 4.79 Å². The van der Waals surface area contributed by atoms with Crippen molar-refractivity contribution in [2.24, 2.45) is 0 Å². The highest BCUT2D eigenvalue weighted by atomic mass is 79.9. The second-order valence-electron chi connectivity index (χ2n) is 5.39. The monoisotopic (exact) mass is 370 g/mol. The molecule has 1 aromatic rings. The third-order valence-corrected chi connectivity index (χ3v) is 5.49. The van der Waals surface area contributed by atoms with Gasteiger partial charge in [0.15, 0.2) is 0 Å². The lowest BCUT2D eigenvalue weighted by atomic mass is 10.0. The molecule has 2 rings (SSSR count). The van der Waals surface area contributed by atoms with Gasteiger partial charge in [0.1, 0.15) is 0 Å². The fourth-order valence-corrected chi connectivity index (χ4v) is 3.64. The maximum absolute atomic E-state index is 12.2. The first-order valence-electron chi connectivity index (χ1n) is 7.51. The van der Waals surface area contributed by atoms with Gasteiger partial charge in [-0.15, -0.1) is 11.8 Å². The Morgan fingerprint density at radius 2 is 2.00 bits per heavy atom. The van der Waals surface area contributed by atoms with E-state index in [2.05, 4.69) is 45.5 Å². The van der Waals surface area contributed by atoms with E-state index in [1.807, 2.05) is 23.7 Å². The summed E-state index contributed by atoms with van der Waals surface area (Å²) in [6, 6.07) is 8.75. The standard InChI is InChI=1S/C16H23BrN2OS/c1-19(14-8-10-18-11-9-14)16(20)3-2-12-21-15-6-4-13(17)5-7-15/h4-7,14,18H,2-3,8-12H2,1H3. The number of halogens is 1. The molecular weight excluding hydrogens is 348 g/mol. The first-order chi connectivity index (χ1) is 10.2. The smallest absolute Gasteiger partial charge is 0.222 e. The number of rotatable bonds is 6. The Bertz CT molecular complexity index is 446. The molecule has 0 aliphatic carbocycles. The van der Waals surface area contributed by atoms with E-state index in [0.717, 1.165) is 42.6 Å². The molecule has 0 unspecified atom stereocenters. The number of nitrogens with one attached hydrogen (secondary N) is 1. The van der Waals surface area contributed by atoms with E-state index < -0.39 is 0 Å². The van der Waals surface area contributed by atoms with Gasteiger partial charge in [0.2, 0.25) is 5.91 Å². The average Bonchev–Trinajstić information content (AvgIpc) is 2.53. The van der Waals surface area contributed by atoms with Gasteiger partial charge in [0.25, 0.3) is 0 Å². The molecule has 0 radical (unpaired) electrons. The summed E-state index contributed by atoms with van der Waals surface area (Å²) in [6.07, 6.45) is 3.75. The fraction of sp³-hybridized carbons (Fsp3) is 0.562. The van der Waals surface area contributed by atoms with Gasteiger partial charge >= 0.3 is 0 Å². The van der Waals surface area contributed by atoms with Gasteiger partial charge in [0.05, 0.1) is 0 Å². The van der Waals surface area contributed by atoms with Crippen molar-refractivity contribution in [1.82, 2.24) is 10.2 Å². The van der Waals surface area contributed by atoms with Crippen LogP contribution in [0.3, 0.4) is 0 Å². The van der Waals surface area contributed by atoms with E-state index in [1.54, 1.807) is 0 Å². The zero-order chi connectivity index (χ0) is 15.1. The van der Waals surface area contributed by atoms with Crippen molar-refractivity contribution in [3.8, 4) is 0 Å². The Morgan fingerprint density at radius 3 is 2.67 bits per heavy atom. The molecule has 1 amide bonds. The van der Waals surface area contributed by atoms with Crippen molar-refractivity contribution in [3.63, 3.8) is 0 Å². The van der Waals surface area contributed by atoms with Gasteiger partial charge in [-0.25, -0.2) is 0 Å². The molecular formula is C16H23BrN2OS. The van der Waals surface area contributed by atoms with Crippen LogP contribution in [0.25, 0.3) is 0 Å². The van der Waals surface area contributed by atoms with Gasteiger partial charge in [-0.05, 0) is 62.4 Å². The van der Waals surface area contributed by atoms with E-state index >= 15 is 0 Å². The molecule has 0 bridgehead atoms. The highest BCUT2D eigenvalue weighted by Gasteiger charge is 2.21. The predicted octanol–water partition coefficient (Wildman–Crippen LogP) is 3.53. The summed E-state index contributed by atoms with van der Waals surface area (Å²) in [6.45, 7) is 2.06. The van der Waals surface area contributed by atoms with Crippen molar-refractivity contribution >= 4 is 33.6 Å². The number of hydrogen-bond donors (Lipinski definition) is 1. The third kappa shape index (κ3) is 5.64. The summed E-state index contributed by atoms with van der Waals surface area (Å²) in [5.41, 5.74) is 0. The largest absolute Gasteiger partial charge is 0.343 e. The van der Waals surface area contributed by atoms with Gasteiger partial charge < -0.3 is 10.2 Å². The molecule has 0 atom stereocenters. The lowest BCUT2D eigenvalue weighted by Gasteiger charge is -2.31. The molecule has 1 heterocycles. The second kappa shape index (κ2) is 8.81. The van der Waals surface area contributed by atoms with E-state index in [0.29, 0.717) is 18.4 Å². The van der Waals surface area contributed by atoms with Crippen molar-refractivity contribution < 1.29 is 4.79 Å². The molecule has 0 spiro atoms. The minimum Gasteiger partial charge on any atom is -0.343 e. The van der Waals surface area contributed by atoms with Crippen LogP contribution in [0, 0.1) is 0 Å². The average molecular weight is 371 g/mol. The number of piperidine rings is 1. The summed E-state index contributed by atoms with van der Waals surface area (Å²) in [5.74, 6) is 1.28. The van der Waals surface area contributed by atoms with Crippen LogP contribution in [0.5, 0.6) is 0 Å². The summed E-state index contributed by atoms with van der Waals surface area (Å²) >= 11 is 5.25. The normalized spacial score (nSPS) is 15.9. The molecule has 1 saturated heterocycles.